The predicted molar refractivity (Wildman–Crippen MR) is 103 cm³/mol. The molecule has 0 saturated heterocycles. The Balaban J connectivity index is 1.87. The lowest BCUT2D eigenvalue weighted by Crippen LogP contribution is -2.26. The van der Waals surface area contributed by atoms with E-state index < -0.39 is 21.7 Å². The van der Waals surface area contributed by atoms with Crippen LogP contribution in [0.15, 0.2) is 83.8 Å². The van der Waals surface area contributed by atoms with Gasteiger partial charge in [0, 0.05) is 18.3 Å². The van der Waals surface area contributed by atoms with E-state index in [9.17, 15) is 17.6 Å². The van der Waals surface area contributed by atoms with E-state index in [1.54, 1.807) is 36.4 Å². The molecule has 0 atom stereocenters. The van der Waals surface area contributed by atoms with Crippen LogP contribution in [0.4, 0.5) is 15.8 Å². The van der Waals surface area contributed by atoms with Crippen LogP contribution >= 0.6 is 0 Å². The van der Waals surface area contributed by atoms with E-state index in [4.69, 9.17) is 0 Å². The molecule has 0 bridgehead atoms. The van der Waals surface area contributed by atoms with Crippen LogP contribution in [0.2, 0.25) is 0 Å². The minimum Gasteiger partial charge on any atom is -0.322 e. The Morgan fingerprint density at radius 3 is 2.33 bits per heavy atom. The molecule has 0 aliphatic heterocycles. The summed E-state index contributed by atoms with van der Waals surface area (Å²) in [5, 5.41) is 2.55. The van der Waals surface area contributed by atoms with Gasteiger partial charge in [0.2, 0.25) is 0 Å². The third kappa shape index (κ3) is 4.15. The second kappa shape index (κ2) is 7.59. The van der Waals surface area contributed by atoms with Gasteiger partial charge in [-0.1, -0.05) is 30.3 Å². The van der Waals surface area contributed by atoms with E-state index in [2.05, 4.69) is 5.32 Å². The first-order valence-electron chi connectivity index (χ1n) is 8.09. The van der Waals surface area contributed by atoms with Crippen LogP contribution in [-0.4, -0.2) is 21.4 Å². The minimum atomic E-state index is -3.83. The highest BCUT2D eigenvalue weighted by Crippen LogP contribution is 2.22. The summed E-state index contributed by atoms with van der Waals surface area (Å²) in [6.45, 7) is 0. The molecular weight excluding hydrogens is 367 g/mol. The van der Waals surface area contributed by atoms with Crippen LogP contribution in [-0.2, 0) is 10.0 Å². The Bertz CT molecular complexity index is 1070. The number of hydrogen-bond donors (Lipinski definition) is 1. The summed E-state index contributed by atoms with van der Waals surface area (Å²) in [6, 6.07) is 19.8. The molecule has 0 fully saturated rings. The number of amides is 1. The topological polar surface area (TPSA) is 66.5 Å². The van der Waals surface area contributed by atoms with Gasteiger partial charge in [-0.2, -0.15) is 0 Å². The fraction of sp³-hybridized carbons (Fsp3) is 0.0500. The van der Waals surface area contributed by atoms with Gasteiger partial charge in [0.15, 0.2) is 0 Å². The van der Waals surface area contributed by atoms with Crippen molar-refractivity contribution in [3.05, 3.63) is 90.2 Å². The molecule has 0 aromatic heterocycles. The summed E-state index contributed by atoms with van der Waals surface area (Å²) >= 11 is 0. The van der Waals surface area contributed by atoms with Crippen LogP contribution < -0.4 is 9.62 Å². The van der Waals surface area contributed by atoms with Crippen LogP contribution in [0, 0.1) is 5.82 Å². The summed E-state index contributed by atoms with van der Waals surface area (Å²) in [6.07, 6.45) is 0. The summed E-state index contributed by atoms with van der Waals surface area (Å²) in [4.78, 5) is 12.4. The van der Waals surface area contributed by atoms with Gasteiger partial charge in [-0.3, -0.25) is 9.10 Å². The second-order valence-electron chi connectivity index (χ2n) is 5.80. The second-order valence-corrected chi connectivity index (χ2v) is 7.77. The Morgan fingerprint density at radius 1 is 0.926 bits per heavy atom. The van der Waals surface area contributed by atoms with Crippen LogP contribution in [0.1, 0.15) is 10.4 Å². The molecule has 3 aromatic carbocycles. The molecule has 138 valence electrons. The fourth-order valence-corrected chi connectivity index (χ4v) is 3.74. The average molecular weight is 384 g/mol. The normalized spacial score (nSPS) is 11.0. The first-order chi connectivity index (χ1) is 12.9. The van der Waals surface area contributed by atoms with Gasteiger partial charge >= 0.3 is 0 Å². The molecule has 0 radical (unpaired) electrons. The third-order valence-electron chi connectivity index (χ3n) is 3.96. The van der Waals surface area contributed by atoms with E-state index in [-0.39, 0.29) is 16.1 Å². The molecule has 0 saturated carbocycles. The number of hydrogen-bond acceptors (Lipinski definition) is 3. The Kier molecular flexibility index (Phi) is 5.23. The first-order valence-corrected chi connectivity index (χ1v) is 9.53. The van der Waals surface area contributed by atoms with Crippen LogP contribution in [0.5, 0.6) is 0 Å². The van der Waals surface area contributed by atoms with Gasteiger partial charge in [-0.25, -0.2) is 12.8 Å². The summed E-state index contributed by atoms with van der Waals surface area (Å²) < 4.78 is 40.1. The molecule has 3 aromatic rings. The molecule has 0 unspecified atom stereocenters. The van der Waals surface area contributed by atoms with Crippen molar-refractivity contribution in [1.82, 2.24) is 0 Å². The molecule has 3 rings (SSSR count). The highest BCUT2D eigenvalue weighted by atomic mass is 32.2. The monoisotopic (exact) mass is 384 g/mol. The maximum atomic E-state index is 13.3. The number of benzene rings is 3. The van der Waals surface area contributed by atoms with Crippen LogP contribution in [0.3, 0.4) is 0 Å². The van der Waals surface area contributed by atoms with Crippen molar-refractivity contribution >= 4 is 27.3 Å². The van der Waals surface area contributed by atoms with Crippen molar-refractivity contribution in [2.75, 3.05) is 16.7 Å². The zero-order valence-electron chi connectivity index (χ0n) is 14.5. The maximum Gasteiger partial charge on any atom is 0.264 e. The standard InChI is InChI=1S/C20H17FN2O3S/c1-23(18-10-3-2-4-11-18)27(25,26)19-12-5-7-15(13-19)20(24)22-17-9-6-8-16(21)14-17/h2-14H,1H3,(H,22,24). The number of rotatable bonds is 5. The van der Waals surface area contributed by atoms with Crippen molar-refractivity contribution in [2.45, 2.75) is 4.90 Å². The summed E-state index contributed by atoms with van der Waals surface area (Å²) in [5.74, 6) is -1.01. The van der Waals surface area contributed by atoms with Crippen molar-refractivity contribution in [3.8, 4) is 0 Å². The number of carbonyl (C=O) groups excluding carboxylic acids is 1. The van der Waals surface area contributed by atoms with E-state index in [1.165, 1.54) is 49.5 Å². The summed E-state index contributed by atoms with van der Waals surface area (Å²) in [5.41, 5.74) is 0.948. The Hall–Kier alpha value is -3.19. The molecule has 1 amide bonds. The average Bonchev–Trinajstić information content (AvgIpc) is 2.68. The molecule has 0 heterocycles. The minimum absolute atomic E-state index is 0.0132. The van der Waals surface area contributed by atoms with E-state index in [1.807, 2.05) is 0 Å². The van der Waals surface area contributed by atoms with Gasteiger partial charge in [0.1, 0.15) is 5.82 Å². The number of sulfonamides is 1. The van der Waals surface area contributed by atoms with Crippen molar-refractivity contribution < 1.29 is 17.6 Å². The largest absolute Gasteiger partial charge is 0.322 e. The van der Waals surface area contributed by atoms with Gasteiger partial charge in [0.05, 0.1) is 10.6 Å². The number of anilines is 2. The predicted octanol–water partition coefficient (Wildman–Crippen LogP) is 3.90. The first kappa shape index (κ1) is 18.6. The lowest BCUT2D eigenvalue weighted by Gasteiger charge is -2.19. The SMILES string of the molecule is CN(c1ccccc1)S(=O)(=O)c1cccc(C(=O)Nc2cccc(F)c2)c1. The molecule has 7 heteroatoms. The molecule has 27 heavy (non-hydrogen) atoms. The Morgan fingerprint density at radius 2 is 1.63 bits per heavy atom. The van der Waals surface area contributed by atoms with E-state index in [0.29, 0.717) is 5.69 Å². The van der Waals surface area contributed by atoms with Crippen molar-refractivity contribution in [3.63, 3.8) is 0 Å². The third-order valence-corrected chi connectivity index (χ3v) is 5.74. The number of nitrogens with one attached hydrogen (secondary N) is 1. The number of halogens is 1. The van der Waals surface area contributed by atoms with Crippen molar-refractivity contribution in [2.24, 2.45) is 0 Å². The van der Waals surface area contributed by atoms with Crippen molar-refractivity contribution in [1.29, 1.82) is 0 Å². The lowest BCUT2D eigenvalue weighted by molar-refractivity contribution is 0.102. The molecule has 1 N–H and O–H groups in total. The summed E-state index contributed by atoms with van der Waals surface area (Å²) in [7, 11) is -2.39. The highest BCUT2D eigenvalue weighted by Gasteiger charge is 2.22. The van der Waals surface area contributed by atoms with Gasteiger partial charge in [-0.05, 0) is 48.5 Å². The molecule has 0 aliphatic carbocycles. The Labute approximate surface area is 157 Å². The lowest BCUT2D eigenvalue weighted by atomic mass is 10.2. The molecule has 0 aliphatic rings. The molecule has 0 spiro atoms. The van der Waals surface area contributed by atoms with Crippen LogP contribution in [0.25, 0.3) is 0 Å². The molecule has 5 nitrogen and oxygen atoms in total. The van der Waals surface area contributed by atoms with E-state index in [0.717, 1.165) is 4.31 Å². The zero-order valence-corrected chi connectivity index (χ0v) is 15.3. The quantitative estimate of drug-likeness (QED) is 0.725. The van der Waals surface area contributed by atoms with Gasteiger partial charge in [-0.15, -0.1) is 0 Å². The molecular formula is C20H17FN2O3S. The smallest absolute Gasteiger partial charge is 0.264 e. The fourth-order valence-electron chi connectivity index (χ4n) is 2.50. The van der Waals surface area contributed by atoms with Gasteiger partial charge in [0.25, 0.3) is 15.9 Å². The van der Waals surface area contributed by atoms with Gasteiger partial charge < -0.3 is 5.32 Å². The number of carbonyl (C=O) groups is 1. The zero-order chi connectivity index (χ0) is 19.4. The van der Waals surface area contributed by atoms with E-state index >= 15 is 0 Å². The maximum absolute atomic E-state index is 13.3. The number of para-hydroxylation sites is 1. The number of nitrogens with zero attached hydrogens (tertiary/aromatic N) is 1. The highest BCUT2D eigenvalue weighted by molar-refractivity contribution is 7.92.